The van der Waals surface area contributed by atoms with Crippen LogP contribution in [0.15, 0.2) is 17.6 Å². The quantitative estimate of drug-likeness (QED) is 0.575. The fourth-order valence-electron chi connectivity index (χ4n) is 0.996. The molecule has 1 unspecified atom stereocenters. The van der Waals surface area contributed by atoms with Gasteiger partial charge in [0.25, 0.3) is 0 Å². The number of hydrogen-bond donors (Lipinski definition) is 2. The van der Waals surface area contributed by atoms with Crippen LogP contribution >= 0.6 is 11.8 Å². The van der Waals surface area contributed by atoms with E-state index in [9.17, 15) is 4.79 Å². The van der Waals surface area contributed by atoms with E-state index in [0.29, 0.717) is 6.54 Å². The molecule has 1 aromatic rings. The molecule has 0 saturated heterocycles. The van der Waals surface area contributed by atoms with Gasteiger partial charge in [0, 0.05) is 24.5 Å². The molecule has 0 fully saturated rings. The van der Waals surface area contributed by atoms with Crippen molar-refractivity contribution >= 4 is 17.7 Å². The summed E-state index contributed by atoms with van der Waals surface area (Å²) >= 11 is 1.58. The number of carbonyl (C=O) groups is 1. The molecule has 5 nitrogen and oxygen atoms in total. The van der Waals surface area contributed by atoms with Crippen molar-refractivity contribution in [3.05, 3.63) is 18.0 Å². The molecule has 0 bridgehead atoms. The molecule has 6 heteroatoms. The molecule has 2 N–H and O–H groups in total. The minimum Gasteiger partial charge on any atom is -0.480 e. The fourth-order valence-corrected chi connectivity index (χ4v) is 1.51. The molecule has 0 spiro atoms. The molecule has 1 atom stereocenters. The molecule has 0 aliphatic carbocycles. The van der Waals surface area contributed by atoms with Crippen LogP contribution in [-0.2, 0) is 11.3 Å². The zero-order valence-electron chi connectivity index (χ0n) is 9.30. The number of rotatable bonds is 6. The zero-order valence-corrected chi connectivity index (χ0v) is 10.1. The Kier molecular flexibility index (Phi) is 5.21. The monoisotopic (exact) mass is 241 g/mol. The smallest absolute Gasteiger partial charge is 0.320 e. The highest BCUT2D eigenvalue weighted by Gasteiger charge is 2.09. The van der Waals surface area contributed by atoms with E-state index < -0.39 is 12.0 Å². The average Bonchev–Trinajstić information content (AvgIpc) is 2.28. The number of nitrogens with one attached hydrogen (secondary N) is 1. The van der Waals surface area contributed by atoms with Crippen LogP contribution in [0.3, 0.4) is 0 Å². The van der Waals surface area contributed by atoms with Gasteiger partial charge in [0.05, 0.1) is 0 Å². The Morgan fingerprint density at radius 1 is 1.56 bits per heavy atom. The first-order chi connectivity index (χ1) is 7.63. The van der Waals surface area contributed by atoms with Crippen molar-refractivity contribution in [3.63, 3.8) is 0 Å². The van der Waals surface area contributed by atoms with Gasteiger partial charge < -0.3 is 10.4 Å². The van der Waals surface area contributed by atoms with E-state index in [0.717, 1.165) is 16.5 Å². The highest BCUT2D eigenvalue weighted by molar-refractivity contribution is 7.99. The minimum absolute atomic E-state index is 0.463. The van der Waals surface area contributed by atoms with Crippen LogP contribution in [0.25, 0.3) is 0 Å². The third-order valence-electron chi connectivity index (χ3n) is 1.94. The summed E-state index contributed by atoms with van der Waals surface area (Å²) in [6.45, 7) is 4.10. The maximum atomic E-state index is 10.6. The number of thioether (sulfide) groups is 1. The Hall–Kier alpha value is -1.14. The first-order valence-corrected chi connectivity index (χ1v) is 6.02. The predicted molar refractivity (Wildman–Crippen MR) is 62.4 cm³/mol. The summed E-state index contributed by atoms with van der Waals surface area (Å²) in [5.74, 6) is 0.0762. The van der Waals surface area contributed by atoms with Crippen molar-refractivity contribution in [2.45, 2.75) is 31.6 Å². The average molecular weight is 241 g/mol. The number of aromatic nitrogens is 2. The summed E-state index contributed by atoms with van der Waals surface area (Å²) in [4.78, 5) is 18.9. The van der Waals surface area contributed by atoms with Crippen molar-refractivity contribution in [2.24, 2.45) is 0 Å². The van der Waals surface area contributed by atoms with Gasteiger partial charge in [-0.1, -0.05) is 18.7 Å². The summed E-state index contributed by atoms with van der Waals surface area (Å²) in [6.07, 6.45) is 3.43. The largest absolute Gasteiger partial charge is 0.480 e. The van der Waals surface area contributed by atoms with Crippen molar-refractivity contribution in [1.82, 2.24) is 15.3 Å². The first-order valence-electron chi connectivity index (χ1n) is 5.03. The van der Waals surface area contributed by atoms with Gasteiger partial charge in [-0.3, -0.25) is 4.79 Å². The van der Waals surface area contributed by atoms with Crippen LogP contribution < -0.4 is 5.32 Å². The molecule has 0 saturated carbocycles. The lowest BCUT2D eigenvalue weighted by Gasteiger charge is -2.08. The third kappa shape index (κ3) is 4.16. The number of hydrogen-bond acceptors (Lipinski definition) is 5. The lowest BCUT2D eigenvalue weighted by molar-refractivity contribution is -0.139. The lowest BCUT2D eigenvalue weighted by atomic mass is 10.3. The van der Waals surface area contributed by atoms with Gasteiger partial charge in [0.2, 0.25) is 0 Å². The van der Waals surface area contributed by atoms with Crippen LogP contribution in [-0.4, -0.2) is 32.8 Å². The zero-order chi connectivity index (χ0) is 12.0. The van der Waals surface area contributed by atoms with Gasteiger partial charge in [0.15, 0.2) is 5.16 Å². The third-order valence-corrected chi connectivity index (χ3v) is 2.70. The molecule has 1 aromatic heterocycles. The Bertz CT molecular complexity index is 342. The second-order valence-corrected chi connectivity index (χ2v) is 4.48. The number of carboxylic acid groups (broad SMARTS) is 1. The van der Waals surface area contributed by atoms with E-state index in [1.54, 1.807) is 31.1 Å². The van der Waals surface area contributed by atoms with Crippen molar-refractivity contribution in [3.8, 4) is 0 Å². The second-order valence-electron chi connectivity index (χ2n) is 3.25. The standard InChI is InChI=1S/C10H15N3O2S/c1-3-16-10-12-5-8(6-13-10)4-11-7(2)9(14)15/h5-7,11H,3-4H2,1-2H3,(H,14,15). The van der Waals surface area contributed by atoms with Crippen LogP contribution in [0, 0.1) is 0 Å². The lowest BCUT2D eigenvalue weighted by Crippen LogP contribution is -2.33. The van der Waals surface area contributed by atoms with E-state index in [2.05, 4.69) is 15.3 Å². The maximum absolute atomic E-state index is 10.6. The van der Waals surface area contributed by atoms with Gasteiger partial charge in [-0.05, 0) is 12.7 Å². The molecule has 0 radical (unpaired) electrons. The summed E-state index contributed by atoms with van der Waals surface area (Å²) in [5, 5.41) is 12.3. The summed E-state index contributed by atoms with van der Waals surface area (Å²) < 4.78 is 0. The molecule has 0 aliphatic heterocycles. The van der Waals surface area contributed by atoms with Gasteiger partial charge in [-0.25, -0.2) is 9.97 Å². The summed E-state index contributed by atoms with van der Waals surface area (Å²) in [5.41, 5.74) is 0.883. The highest BCUT2D eigenvalue weighted by Crippen LogP contribution is 2.10. The molecule has 88 valence electrons. The number of aliphatic carboxylic acids is 1. The van der Waals surface area contributed by atoms with Crippen LogP contribution in [0.2, 0.25) is 0 Å². The molecule has 0 aliphatic rings. The number of carboxylic acids is 1. The first kappa shape index (κ1) is 12.9. The molecule has 1 rings (SSSR count). The van der Waals surface area contributed by atoms with Crippen molar-refractivity contribution in [1.29, 1.82) is 0 Å². The molecular weight excluding hydrogens is 226 g/mol. The Labute approximate surface area is 98.7 Å². The molecular formula is C10H15N3O2S. The van der Waals surface area contributed by atoms with Gasteiger partial charge in [-0.2, -0.15) is 0 Å². The van der Waals surface area contributed by atoms with E-state index in [1.165, 1.54) is 0 Å². The molecule has 0 aromatic carbocycles. The van der Waals surface area contributed by atoms with Gasteiger partial charge in [0.1, 0.15) is 6.04 Å². The van der Waals surface area contributed by atoms with Crippen LogP contribution in [0.5, 0.6) is 0 Å². The van der Waals surface area contributed by atoms with Crippen molar-refractivity contribution in [2.75, 3.05) is 5.75 Å². The SMILES string of the molecule is CCSc1ncc(CNC(C)C(=O)O)cn1. The predicted octanol–water partition coefficient (Wildman–Crippen LogP) is 1.15. The fraction of sp³-hybridized carbons (Fsp3) is 0.500. The summed E-state index contributed by atoms with van der Waals surface area (Å²) in [7, 11) is 0. The molecule has 0 amide bonds. The Morgan fingerprint density at radius 2 is 2.19 bits per heavy atom. The molecule has 1 heterocycles. The molecule has 16 heavy (non-hydrogen) atoms. The Balaban J connectivity index is 2.46. The highest BCUT2D eigenvalue weighted by atomic mass is 32.2. The van der Waals surface area contributed by atoms with Crippen LogP contribution in [0.4, 0.5) is 0 Å². The van der Waals surface area contributed by atoms with E-state index in [-0.39, 0.29) is 0 Å². The normalized spacial score (nSPS) is 12.4. The van der Waals surface area contributed by atoms with Gasteiger partial charge in [-0.15, -0.1) is 0 Å². The van der Waals surface area contributed by atoms with Crippen molar-refractivity contribution < 1.29 is 9.90 Å². The minimum atomic E-state index is -0.862. The van der Waals surface area contributed by atoms with Crippen LogP contribution in [0.1, 0.15) is 19.4 Å². The van der Waals surface area contributed by atoms with E-state index in [1.807, 2.05) is 6.92 Å². The van der Waals surface area contributed by atoms with E-state index >= 15 is 0 Å². The number of nitrogens with zero attached hydrogens (tertiary/aromatic N) is 2. The van der Waals surface area contributed by atoms with E-state index in [4.69, 9.17) is 5.11 Å². The maximum Gasteiger partial charge on any atom is 0.320 e. The van der Waals surface area contributed by atoms with Gasteiger partial charge >= 0.3 is 5.97 Å². The second kappa shape index (κ2) is 6.44. The Morgan fingerprint density at radius 3 is 2.69 bits per heavy atom. The topological polar surface area (TPSA) is 75.1 Å². The summed E-state index contributed by atoms with van der Waals surface area (Å²) in [6, 6.07) is -0.565.